The summed E-state index contributed by atoms with van der Waals surface area (Å²) in [6.07, 6.45) is 8.58. The number of aryl methyl sites for hydroxylation is 1. The Bertz CT molecular complexity index is 487. The molecule has 4 heteroatoms. The molecule has 0 bridgehead atoms. The average molecular weight is 378 g/mol. The minimum atomic E-state index is -0.0191. The number of nitrogens with one attached hydrogen (secondary N) is 1. The summed E-state index contributed by atoms with van der Waals surface area (Å²) in [6, 6.07) is 9.19. The SMILES string of the molecule is CCC(C)c1ccc(CCCCCCCOCCOCCNC(C)=O)cc1. The van der Waals surface area contributed by atoms with Gasteiger partial charge in [0.05, 0.1) is 19.8 Å². The number of carbonyl (C=O) groups excluding carboxylic acids is 1. The third-order valence-electron chi connectivity index (χ3n) is 4.91. The summed E-state index contributed by atoms with van der Waals surface area (Å²) in [5.74, 6) is 0.644. The van der Waals surface area contributed by atoms with Crippen molar-refractivity contribution in [3.8, 4) is 0 Å². The van der Waals surface area contributed by atoms with Crippen LogP contribution >= 0.6 is 0 Å². The Balaban J connectivity index is 1.87. The zero-order valence-corrected chi connectivity index (χ0v) is 17.6. The monoisotopic (exact) mass is 377 g/mol. The number of hydrogen-bond donors (Lipinski definition) is 1. The topological polar surface area (TPSA) is 47.6 Å². The molecular weight excluding hydrogens is 338 g/mol. The van der Waals surface area contributed by atoms with Gasteiger partial charge in [0.15, 0.2) is 0 Å². The molecule has 0 aliphatic rings. The highest BCUT2D eigenvalue weighted by Gasteiger charge is 2.02. The molecule has 0 fully saturated rings. The number of unbranched alkanes of at least 4 members (excludes halogenated alkanes) is 4. The summed E-state index contributed by atoms with van der Waals surface area (Å²) in [7, 11) is 0. The van der Waals surface area contributed by atoms with E-state index in [0.717, 1.165) is 13.0 Å². The van der Waals surface area contributed by atoms with E-state index in [0.29, 0.717) is 32.3 Å². The Morgan fingerprint density at radius 2 is 1.56 bits per heavy atom. The maximum Gasteiger partial charge on any atom is 0.216 e. The lowest BCUT2D eigenvalue weighted by Crippen LogP contribution is -2.24. The van der Waals surface area contributed by atoms with E-state index in [4.69, 9.17) is 9.47 Å². The highest BCUT2D eigenvalue weighted by molar-refractivity contribution is 5.72. The van der Waals surface area contributed by atoms with E-state index < -0.39 is 0 Å². The van der Waals surface area contributed by atoms with Crippen LogP contribution in [0.1, 0.15) is 76.3 Å². The molecule has 1 rings (SSSR count). The van der Waals surface area contributed by atoms with Gasteiger partial charge in [-0.25, -0.2) is 0 Å². The van der Waals surface area contributed by atoms with Crippen molar-refractivity contribution in [3.63, 3.8) is 0 Å². The van der Waals surface area contributed by atoms with E-state index in [1.165, 1.54) is 56.6 Å². The first-order valence-electron chi connectivity index (χ1n) is 10.6. The fourth-order valence-electron chi connectivity index (χ4n) is 2.93. The number of benzene rings is 1. The fourth-order valence-corrected chi connectivity index (χ4v) is 2.93. The molecule has 1 N–H and O–H groups in total. The van der Waals surface area contributed by atoms with Gasteiger partial charge in [-0.1, -0.05) is 57.4 Å². The van der Waals surface area contributed by atoms with Gasteiger partial charge in [-0.15, -0.1) is 0 Å². The van der Waals surface area contributed by atoms with Crippen molar-refractivity contribution >= 4 is 5.91 Å². The van der Waals surface area contributed by atoms with Gasteiger partial charge in [0.25, 0.3) is 0 Å². The Hall–Kier alpha value is -1.39. The maximum absolute atomic E-state index is 10.7. The van der Waals surface area contributed by atoms with Gasteiger partial charge >= 0.3 is 0 Å². The number of carbonyl (C=O) groups is 1. The minimum absolute atomic E-state index is 0.0191. The van der Waals surface area contributed by atoms with Gasteiger partial charge in [-0.3, -0.25) is 4.79 Å². The Labute approximate surface area is 166 Å². The van der Waals surface area contributed by atoms with Crippen LogP contribution < -0.4 is 5.32 Å². The molecule has 0 aliphatic carbocycles. The maximum atomic E-state index is 10.7. The molecule has 0 aliphatic heterocycles. The molecule has 1 atom stereocenters. The quantitative estimate of drug-likeness (QED) is 0.418. The first-order chi connectivity index (χ1) is 13.1. The summed E-state index contributed by atoms with van der Waals surface area (Å²) in [5, 5.41) is 2.70. The van der Waals surface area contributed by atoms with Crippen LogP contribution in [0.2, 0.25) is 0 Å². The van der Waals surface area contributed by atoms with Crippen LogP contribution in [0.5, 0.6) is 0 Å². The van der Waals surface area contributed by atoms with Crippen LogP contribution in [0.25, 0.3) is 0 Å². The first kappa shape index (κ1) is 23.6. The molecular formula is C23H39NO3. The molecule has 0 saturated heterocycles. The molecule has 1 aromatic carbocycles. The van der Waals surface area contributed by atoms with Gasteiger partial charge in [0.2, 0.25) is 5.91 Å². The minimum Gasteiger partial charge on any atom is -0.379 e. The molecule has 1 aromatic rings. The van der Waals surface area contributed by atoms with Crippen molar-refractivity contribution < 1.29 is 14.3 Å². The van der Waals surface area contributed by atoms with E-state index in [2.05, 4.69) is 43.4 Å². The normalized spacial score (nSPS) is 12.1. The summed E-state index contributed by atoms with van der Waals surface area (Å²) >= 11 is 0. The van der Waals surface area contributed by atoms with Gasteiger partial charge in [0, 0.05) is 20.1 Å². The average Bonchev–Trinajstić information content (AvgIpc) is 2.67. The molecule has 0 radical (unpaired) electrons. The van der Waals surface area contributed by atoms with E-state index >= 15 is 0 Å². The Morgan fingerprint density at radius 1 is 0.926 bits per heavy atom. The lowest BCUT2D eigenvalue weighted by Gasteiger charge is -2.09. The highest BCUT2D eigenvalue weighted by atomic mass is 16.5. The molecule has 27 heavy (non-hydrogen) atoms. The third kappa shape index (κ3) is 12.6. The van der Waals surface area contributed by atoms with E-state index in [9.17, 15) is 4.79 Å². The summed E-state index contributed by atoms with van der Waals surface area (Å²) in [5.41, 5.74) is 2.92. The van der Waals surface area contributed by atoms with E-state index in [1.807, 2.05) is 0 Å². The predicted octanol–water partition coefficient (Wildman–Crippen LogP) is 4.86. The number of hydrogen-bond acceptors (Lipinski definition) is 3. The molecule has 0 saturated carbocycles. The van der Waals surface area contributed by atoms with E-state index in [1.54, 1.807) is 0 Å². The van der Waals surface area contributed by atoms with Crippen molar-refractivity contribution in [2.24, 2.45) is 0 Å². The lowest BCUT2D eigenvalue weighted by molar-refractivity contribution is -0.119. The molecule has 1 unspecified atom stereocenters. The third-order valence-corrected chi connectivity index (χ3v) is 4.91. The highest BCUT2D eigenvalue weighted by Crippen LogP contribution is 2.19. The second-order valence-corrected chi connectivity index (χ2v) is 7.28. The van der Waals surface area contributed by atoms with Crippen molar-refractivity contribution in [2.75, 3.05) is 33.0 Å². The van der Waals surface area contributed by atoms with Crippen LogP contribution in [0.15, 0.2) is 24.3 Å². The van der Waals surface area contributed by atoms with Gasteiger partial charge in [0.1, 0.15) is 0 Å². The van der Waals surface area contributed by atoms with Crippen molar-refractivity contribution in [1.82, 2.24) is 5.32 Å². The second kappa shape index (κ2) is 15.6. The molecule has 0 heterocycles. The van der Waals surface area contributed by atoms with Crippen LogP contribution in [0.4, 0.5) is 0 Å². The largest absolute Gasteiger partial charge is 0.379 e. The molecule has 1 amide bonds. The smallest absolute Gasteiger partial charge is 0.216 e. The number of ether oxygens (including phenoxy) is 2. The molecule has 4 nitrogen and oxygen atoms in total. The lowest BCUT2D eigenvalue weighted by atomic mass is 9.96. The van der Waals surface area contributed by atoms with Crippen molar-refractivity contribution in [1.29, 1.82) is 0 Å². The van der Waals surface area contributed by atoms with Crippen LogP contribution in [-0.2, 0) is 20.7 Å². The van der Waals surface area contributed by atoms with Crippen molar-refractivity contribution in [2.45, 2.75) is 71.6 Å². The first-order valence-corrected chi connectivity index (χ1v) is 10.6. The zero-order chi connectivity index (χ0) is 19.7. The Morgan fingerprint density at radius 3 is 2.22 bits per heavy atom. The summed E-state index contributed by atoms with van der Waals surface area (Å²) in [6.45, 7) is 9.19. The number of amides is 1. The Kier molecular flexibility index (Phi) is 13.7. The van der Waals surface area contributed by atoms with Crippen LogP contribution in [0, 0.1) is 0 Å². The summed E-state index contributed by atoms with van der Waals surface area (Å²) in [4.78, 5) is 10.7. The standard InChI is InChI=1S/C23H39NO3/c1-4-20(2)23-13-11-22(12-14-23)10-8-6-5-7-9-16-26-18-19-27-17-15-24-21(3)25/h11-14,20H,4-10,15-19H2,1-3H3,(H,24,25). The molecule has 0 spiro atoms. The number of rotatable bonds is 16. The van der Waals surface area contributed by atoms with Crippen LogP contribution in [0.3, 0.4) is 0 Å². The zero-order valence-electron chi connectivity index (χ0n) is 17.6. The second-order valence-electron chi connectivity index (χ2n) is 7.28. The van der Waals surface area contributed by atoms with Crippen molar-refractivity contribution in [3.05, 3.63) is 35.4 Å². The molecule has 154 valence electrons. The van der Waals surface area contributed by atoms with E-state index in [-0.39, 0.29) is 5.91 Å². The van der Waals surface area contributed by atoms with Gasteiger partial charge in [-0.2, -0.15) is 0 Å². The van der Waals surface area contributed by atoms with Gasteiger partial charge in [-0.05, 0) is 42.7 Å². The fraction of sp³-hybridized carbons (Fsp3) is 0.696. The van der Waals surface area contributed by atoms with Crippen LogP contribution in [-0.4, -0.2) is 38.9 Å². The predicted molar refractivity (Wildman–Crippen MR) is 112 cm³/mol. The summed E-state index contributed by atoms with van der Waals surface area (Å²) < 4.78 is 10.9. The van der Waals surface area contributed by atoms with Gasteiger partial charge < -0.3 is 14.8 Å². The molecule has 0 aromatic heterocycles.